The highest BCUT2D eigenvalue weighted by atomic mass is 16.5. The van der Waals surface area contributed by atoms with Gasteiger partial charge in [-0.1, -0.05) is 42.0 Å². The molecule has 0 atom stereocenters. The summed E-state index contributed by atoms with van der Waals surface area (Å²) in [5.74, 6) is -1.08. The van der Waals surface area contributed by atoms with Gasteiger partial charge in [0.25, 0.3) is 17.7 Å². The number of anilines is 1. The molecule has 3 aromatic rings. The van der Waals surface area contributed by atoms with E-state index in [4.69, 9.17) is 9.47 Å². The molecule has 8 nitrogen and oxygen atoms in total. The van der Waals surface area contributed by atoms with Crippen molar-refractivity contribution >= 4 is 29.4 Å². The van der Waals surface area contributed by atoms with Gasteiger partial charge in [0.05, 0.1) is 23.2 Å². The topological polar surface area (TPSA) is 102 Å². The second-order valence-corrected chi connectivity index (χ2v) is 7.68. The lowest BCUT2D eigenvalue weighted by atomic mass is 10.1. The van der Waals surface area contributed by atoms with Gasteiger partial charge in [0.1, 0.15) is 5.75 Å². The van der Waals surface area contributed by atoms with E-state index in [1.54, 1.807) is 54.6 Å². The van der Waals surface area contributed by atoms with E-state index in [9.17, 15) is 19.2 Å². The van der Waals surface area contributed by atoms with Crippen molar-refractivity contribution in [3.8, 4) is 11.5 Å². The first-order valence-electron chi connectivity index (χ1n) is 10.7. The monoisotopic (exact) mass is 458 g/mol. The highest BCUT2D eigenvalue weighted by Gasteiger charge is 2.35. The lowest BCUT2D eigenvalue weighted by Gasteiger charge is -2.14. The number of esters is 1. The van der Waals surface area contributed by atoms with Gasteiger partial charge in [0, 0.05) is 6.54 Å². The number of para-hydroxylation sites is 3. The van der Waals surface area contributed by atoms with Crippen molar-refractivity contribution in [2.45, 2.75) is 13.3 Å². The lowest BCUT2D eigenvalue weighted by molar-refractivity contribution is -0.147. The van der Waals surface area contributed by atoms with E-state index in [0.29, 0.717) is 28.3 Å². The van der Waals surface area contributed by atoms with Gasteiger partial charge in [-0.2, -0.15) is 0 Å². The van der Waals surface area contributed by atoms with Crippen molar-refractivity contribution in [3.05, 3.63) is 89.5 Å². The van der Waals surface area contributed by atoms with Crippen molar-refractivity contribution in [1.29, 1.82) is 0 Å². The molecule has 8 heteroatoms. The largest absolute Gasteiger partial charge is 0.456 e. The normalized spacial score (nSPS) is 12.3. The Morgan fingerprint density at radius 3 is 2.38 bits per heavy atom. The second kappa shape index (κ2) is 9.99. The highest BCUT2D eigenvalue weighted by Crippen LogP contribution is 2.29. The molecule has 0 radical (unpaired) electrons. The predicted molar refractivity (Wildman–Crippen MR) is 124 cm³/mol. The average Bonchev–Trinajstić information content (AvgIpc) is 3.07. The number of fused-ring (bicyclic) bond motifs is 1. The zero-order valence-corrected chi connectivity index (χ0v) is 18.4. The summed E-state index contributed by atoms with van der Waals surface area (Å²) in [6.07, 6.45) is -0.217. The van der Waals surface area contributed by atoms with Gasteiger partial charge in [-0.15, -0.1) is 0 Å². The Morgan fingerprint density at radius 1 is 0.882 bits per heavy atom. The highest BCUT2D eigenvalue weighted by molar-refractivity contribution is 6.21. The number of hydrogen-bond acceptors (Lipinski definition) is 6. The zero-order valence-electron chi connectivity index (χ0n) is 18.4. The summed E-state index contributed by atoms with van der Waals surface area (Å²) >= 11 is 0. The maximum atomic E-state index is 12.5. The van der Waals surface area contributed by atoms with Crippen molar-refractivity contribution in [3.63, 3.8) is 0 Å². The molecule has 0 saturated carbocycles. The molecule has 0 saturated heterocycles. The first-order chi connectivity index (χ1) is 16.4. The number of aryl methyl sites for hydroxylation is 1. The van der Waals surface area contributed by atoms with E-state index in [-0.39, 0.29) is 13.0 Å². The molecule has 1 aliphatic rings. The molecule has 0 unspecified atom stereocenters. The average molecular weight is 458 g/mol. The Kier molecular flexibility index (Phi) is 6.68. The molecule has 3 amide bonds. The van der Waals surface area contributed by atoms with Gasteiger partial charge >= 0.3 is 5.97 Å². The molecule has 0 aliphatic carbocycles. The Labute approximate surface area is 196 Å². The van der Waals surface area contributed by atoms with Gasteiger partial charge in [-0.25, -0.2) is 0 Å². The number of carbonyl (C=O) groups excluding carboxylic acids is 4. The van der Waals surface area contributed by atoms with Crippen LogP contribution in [0.2, 0.25) is 0 Å². The van der Waals surface area contributed by atoms with Crippen LogP contribution in [0.5, 0.6) is 11.5 Å². The van der Waals surface area contributed by atoms with E-state index in [2.05, 4.69) is 5.32 Å². The quantitative estimate of drug-likeness (QED) is 0.405. The Morgan fingerprint density at radius 2 is 1.59 bits per heavy atom. The van der Waals surface area contributed by atoms with Gasteiger partial charge in [-0.05, 0) is 43.3 Å². The molecule has 1 aliphatic heterocycles. The minimum absolute atomic E-state index is 0.125. The number of benzene rings is 3. The van der Waals surface area contributed by atoms with Gasteiger partial charge in [0.2, 0.25) is 0 Å². The van der Waals surface area contributed by atoms with E-state index in [1.165, 1.54) is 0 Å². The molecule has 0 bridgehead atoms. The Balaban J connectivity index is 1.27. The number of carbonyl (C=O) groups is 4. The van der Waals surface area contributed by atoms with Crippen LogP contribution in [0, 0.1) is 6.92 Å². The van der Waals surface area contributed by atoms with Crippen LogP contribution in [0.15, 0.2) is 72.8 Å². The van der Waals surface area contributed by atoms with Crippen LogP contribution in [-0.2, 0) is 14.3 Å². The van der Waals surface area contributed by atoms with Crippen LogP contribution >= 0.6 is 0 Å². The molecule has 1 N–H and O–H groups in total. The number of rotatable bonds is 8. The maximum absolute atomic E-state index is 12.5. The van der Waals surface area contributed by atoms with Crippen LogP contribution in [0.4, 0.5) is 5.69 Å². The van der Waals surface area contributed by atoms with Crippen LogP contribution in [0.25, 0.3) is 0 Å². The summed E-state index contributed by atoms with van der Waals surface area (Å²) in [6.45, 7) is 1.19. The van der Waals surface area contributed by atoms with Crippen molar-refractivity contribution in [1.82, 2.24) is 4.90 Å². The van der Waals surface area contributed by atoms with Crippen molar-refractivity contribution in [2.75, 3.05) is 18.5 Å². The summed E-state index contributed by atoms with van der Waals surface area (Å²) in [5.41, 5.74) is 1.94. The predicted octanol–water partition coefficient (Wildman–Crippen LogP) is 3.96. The minimum atomic E-state index is -0.697. The first kappa shape index (κ1) is 22.7. The van der Waals surface area contributed by atoms with E-state index in [1.807, 2.05) is 25.1 Å². The number of imide groups is 1. The fourth-order valence-electron chi connectivity index (χ4n) is 3.49. The summed E-state index contributed by atoms with van der Waals surface area (Å²) < 4.78 is 10.8. The standard InChI is InChI=1S/C26H22N2O6/c1-17-11-12-19-20(15-17)26(32)28(25(19)31)14-13-24(30)33-16-23(29)27-21-9-5-6-10-22(21)34-18-7-3-2-4-8-18/h2-12,15H,13-14,16H2,1H3,(H,27,29). The zero-order chi connectivity index (χ0) is 24.1. The smallest absolute Gasteiger partial charge is 0.308 e. The van der Waals surface area contributed by atoms with Gasteiger partial charge < -0.3 is 14.8 Å². The fraction of sp³-hybridized carbons (Fsp3) is 0.154. The number of nitrogens with zero attached hydrogens (tertiary/aromatic N) is 1. The molecule has 3 aromatic carbocycles. The molecule has 0 spiro atoms. The third-order valence-corrected chi connectivity index (χ3v) is 5.16. The maximum Gasteiger partial charge on any atom is 0.308 e. The summed E-state index contributed by atoms with van der Waals surface area (Å²) in [7, 11) is 0. The van der Waals surface area contributed by atoms with Crippen LogP contribution < -0.4 is 10.1 Å². The molecule has 0 fully saturated rings. The third-order valence-electron chi connectivity index (χ3n) is 5.16. The summed E-state index contributed by atoms with van der Waals surface area (Å²) in [6, 6.07) is 21.0. The molecule has 34 heavy (non-hydrogen) atoms. The van der Waals surface area contributed by atoms with Gasteiger partial charge in [-0.3, -0.25) is 24.1 Å². The minimum Gasteiger partial charge on any atom is -0.456 e. The second-order valence-electron chi connectivity index (χ2n) is 7.68. The molecule has 172 valence electrons. The Bertz CT molecular complexity index is 1260. The van der Waals surface area contributed by atoms with Crippen LogP contribution in [-0.4, -0.2) is 41.7 Å². The van der Waals surface area contributed by atoms with Crippen molar-refractivity contribution < 1.29 is 28.7 Å². The van der Waals surface area contributed by atoms with Gasteiger partial charge in [0.15, 0.2) is 12.4 Å². The molecule has 1 heterocycles. The molecule has 0 aromatic heterocycles. The van der Waals surface area contributed by atoms with E-state index < -0.39 is 30.3 Å². The first-order valence-corrected chi connectivity index (χ1v) is 10.7. The van der Waals surface area contributed by atoms with Crippen LogP contribution in [0.1, 0.15) is 32.7 Å². The van der Waals surface area contributed by atoms with Crippen LogP contribution in [0.3, 0.4) is 0 Å². The van der Waals surface area contributed by atoms with E-state index >= 15 is 0 Å². The third kappa shape index (κ3) is 5.12. The summed E-state index contributed by atoms with van der Waals surface area (Å²) in [4.78, 5) is 50.4. The number of amides is 3. The number of hydrogen-bond donors (Lipinski definition) is 1. The SMILES string of the molecule is Cc1ccc2c(c1)C(=O)N(CCC(=O)OCC(=O)Nc1ccccc1Oc1ccccc1)C2=O. The summed E-state index contributed by atoms with van der Waals surface area (Å²) in [5, 5.41) is 2.65. The molecular weight excluding hydrogens is 436 g/mol. The van der Waals surface area contributed by atoms with E-state index in [0.717, 1.165) is 10.5 Å². The number of ether oxygens (including phenoxy) is 2. The molecular formula is C26H22N2O6. The fourth-order valence-corrected chi connectivity index (χ4v) is 3.49. The number of nitrogens with one attached hydrogen (secondary N) is 1. The van der Waals surface area contributed by atoms with Crippen molar-refractivity contribution in [2.24, 2.45) is 0 Å². The Hall–Kier alpha value is -4.46. The molecule has 4 rings (SSSR count). The lowest BCUT2D eigenvalue weighted by Crippen LogP contribution is -2.32.